The lowest BCUT2D eigenvalue weighted by Gasteiger charge is -2.29. The van der Waals surface area contributed by atoms with Gasteiger partial charge in [0.15, 0.2) is 4.91 Å². The Bertz CT molecular complexity index is 1020. The summed E-state index contributed by atoms with van der Waals surface area (Å²) in [6, 6.07) is 14.7. The van der Waals surface area contributed by atoms with Crippen LogP contribution >= 0.6 is 0 Å². The van der Waals surface area contributed by atoms with E-state index < -0.39 is 15.7 Å². The van der Waals surface area contributed by atoms with Crippen LogP contribution in [0.3, 0.4) is 0 Å². The molecule has 0 radical (unpaired) electrons. The molecule has 0 aliphatic carbocycles. The highest BCUT2D eigenvalue weighted by atomic mass is 32.2. The number of aryl methyl sites for hydroxylation is 1. The number of anilines is 1. The molecule has 5 nitrogen and oxygen atoms in total. The molecule has 134 valence electrons. The van der Waals surface area contributed by atoms with Gasteiger partial charge in [-0.05, 0) is 37.5 Å². The van der Waals surface area contributed by atoms with Crippen molar-refractivity contribution < 1.29 is 13.2 Å². The maximum atomic E-state index is 13.1. The Labute approximate surface area is 153 Å². The number of amides is 1. The van der Waals surface area contributed by atoms with Gasteiger partial charge in [-0.3, -0.25) is 4.79 Å². The summed E-state index contributed by atoms with van der Waals surface area (Å²) in [5.41, 5.74) is 3.33. The van der Waals surface area contributed by atoms with Crippen LogP contribution in [0, 0.1) is 6.92 Å². The Morgan fingerprint density at radius 2 is 1.96 bits per heavy atom. The number of carbonyl (C=O) groups is 1. The number of rotatable bonds is 3. The van der Waals surface area contributed by atoms with E-state index in [4.69, 9.17) is 0 Å². The second kappa shape index (κ2) is 6.29. The quantitative estimate of drug-likeness (QED) is 0.905. The lowest BCUT2D eigenvalue weighted by Crippen LogP contribution is -2.35. The first-order chi connectivity index (χ1) is 12.5. The van der Waals surface area contributed by atoms with Crippen LogP contribution in [0.25, 0.3) is 0 Å². The molecule has 0 atom stereocenters. The average Bonchev–Trinajstić information content (AvgIpc) is 3.09. The van der Waals surface area contributed by atoms with Crippen LogP contribution in [0.4, 0.5) is 5.69 Å². The summed E-state index contributed by atoms with van der Waals surface area (Å²) in [7, 11) is -3.82. The maximum Gasteiger partial charge on any atom is 0.265 e. The van der Waals surface area contributed by atoms with Crippen molar-refractivity contribution in [3.8, 4) is 0 Å². The van der Waals surface area contributed by atoms with Gasteiger partial charge in [-0.15, -0.1) is 0 Å². The highest BCUT2D eigenvalue weighted by molar-refractivity contribution is 7.96. The zero-order chi connectivity index (χ0) is 18.3. The molecule has 2 aliphatic rings. The summed E-state index contributed by atoms with van der Waals surface area (Å²) in [4.78, 5) is 14.9. The smallest absolute Gasteiger partial charge is 0.265 e. The molecule has 0 aromatic heterocycles. The van der Waals surface area contributed by atoms with Gasteiger partial charge in [-0.25, -0.2) is 8.42 Å². The van der Waals surface area contributed by atoms with E-state index in [9.17, 15) is 13.2 Å². The summed E-state index contributed by atoms with van der Waals surface area (Å²) < 4.78 is 26.2. The highest BCUT2D eigenvalue weighted by Gasteiger charge is 2.41. The van der Waals surface area contributed by atoms with E-state index in [0.717, 1.165) is 24.1 Å². The number of nitrogens with zero attached hydrogens (tertiary/aromatic N) is 1. The maximum absolute atomic E-state index is 13.1. The molecule has 2 aromatic rings. The summed E-state index contributed by atoms with van der Waals surface area (Å²) in [5.74, 6) is -0.525. The number of fused-ring (bicyclic) bond motifs is 3. The zero-order valence-electron chi connectivity index (χ0n) is 14.5. The van der Waals surface area contributed by atoms with Crippen LogP contribution in [0.5, 0.6) is 0 Å². The molecular weight excluding hydrogens is 348 g/mol. The van der Waals surface area contributed by atoms with Gasteiger partial charge in [0.05, 0.1) is 10.6 Å². The van der Waals surface area contributed by atoms with Gasteiger partial charge in [0, 0.05) is 18.8 Å². The third-order valence-corrected chi connectivity index (χ3v) is 6.72. The fourth-order valence-corrected chi connectivity index (χ4v) is 5.46. The summed E-state index contributed by atoms with van der Waals surface area (Å²) in [6.07, 6.45) is 1.44. The number of hydrogen-bond donors (Lipinski definition) is 1. The third kappa shape index (κ3) is 2.70. The van der Waals surface area contributed by atoms with Crippen molar-refractivity contribution >= 4 is 21.4 Å². The van der Waals surface area contributed by atoms with Gasteiger partial charge in [0.2, 0.25) is 9.84 Å². The molecule has 2 heterocycles. The normalized spacial score (nSPS) is 17.7. The zero-order valence-corrected chi connectivity index (χ0v) is 15.3. The molecule has 6 heteroatoms. The van der Waals surface area contributed by atoms with Gasteiger partial charge >= 0.3 is 0 Å². The molecule has 1 saturated heterocycles. The Morgan fingerprint density at radius 3 is 2.77 bits per heavy atom. The van der Waals surface area contributed by atoms with Gasteiger partial charge in [-0.2, -0.15) is 0 Å². The predicted molar refractivity (Wildman–Crippen MR) is 100 cm³/mol. The molecule has 0 bridgehead atoms. The predicted octanol–water partition coefficient (Wildman–Crippen LogP) is 2.91. The lowest BCUT2D eigenvalue weighted by atomic mass is 10.1. The van der Waals surface area contributed by atoms with E-state index in [1.54, 1.807) is 18.2 Å². The van der Waals surface area contributed by atoms with Gasteiger partial charge in [-0.1, -0.05) is 42.0 Å². The minimum atomic E-state index is -3.82. The lowest BCUT2D eigenvalue weighted by molar-refractivity contribution is -0.117. The minimum Gasteiger partial charge on any atom is -0.347 e. The molecule has 1 fully saturated rings. The van der Waals surface area contributed by atoms with E-state index >= 15 is 0 Å². The van der Waals surface area contributed by atoms with Crippen LogP contribution in [-0.4, -0.2) is 20.9 Å². The number of benzene rings is 2. The van der Waals surface area contributed by atoms with Crippen LogP contribution in [0.15, 0.2) is 64.0 Å². The number of nitrogens with one attached hydrogen (secondary N) is 1. The fourth-order valence-electron chi connectivity index (χ4n) is 3.69. The fraction of sp³-hybridized carbons (Fsp3) is 0.250. The largest absolute Gasteiger partial charge is 0.347 e. The van der Waals surface area contributed by atoms with Crippen molar-refractivity contribution in [3.63, 3.8) is 0 Å². The molecule has 2 aliphatic heterocycles. The standard InChI is InChI=1S/C20H20N2O3S/c1-14-6-4-7-15(12-14)13-21-20(23)19-17-9-5-11-22(17)16-8-2-3-10-18(16)26(19,24)25/h2-4,6-8,10,12H,5,9,11,13H2,1H3,(H,21,23). The molecular formula is C20H20N2O3S. The molecule has 2 aromatic carbocycles. The Balaban J connectivity index is 1.69. The van der Waals surface area contributed by atoms with Crippen molar-refractivity contribution in [1.29, 1.82) is 0 Å². The second-order valence-electron chi connectivity index (χ2n) is 6.67. The second-order valence-corrected chi connectivity index (χ2v) is 8.53. The van der Waals surface area contributed by atoms with Crippen molar-refractivity contribution in [1.82, 2.24) is 5.32 Å². The number of hydrogen-bond acceptors (Lipinski definition) is 4. The highest BCUT2D eigenvalue weighted by Crippen LogP contribution is 2.43. The molecule has 4 rings (SSSR count). The first-order valence-electron chi connectivity index (χ1n) is 8.67. The number of para-hydroxylation sites is 1. The van der Waals surface area contributed by atoms with Crippen LogP contribution in [0.1, 0.15) is 24.0 Å². The minimum absolute atomic E-state index is 0.0960. The third-order valence-electron chi connectivity index (χ3n) is 4.84. The topological polar surface area (TPSA) is 66.5 Å². The first kappa shape index (κ1) is 16.8. The summed E-state index contributed by atoms with van der Waals surface area (Å²) >= 11 is 0. The number of sulfone groups is 1. The first-order valence-corrected chi connectivity index (χ1v) is 10.2. The van der Waals surface area contributed by atoms with Gasteiger partial charge < -0.3 is 10.2 Å². The van der Waals surface area contributed by atoms with Crippen molar-refractivity contribution in [2.24, 2.45) is 0 Å². The molecule has 1 N–H and O–H groups in total. The monoisotopic (exact) mass is 368 g/mol. The van der Waals surface area contributed by atoms with Gasteiger partial charge in [0.25, 0.3) is 5.91 Å². The summed E-state index contributed by atoms with van der Waals surface area (Å²) in [5, 5.41) is 2.79. The van der Waals surface area contributed by atoms with Crippen molar-refractivity contribution in [2.75, 3.05) is 11.4 Å². The number of allylic oxidation sites excluding steroid dienone is 1. The van der Waals surface area contributed by atoms with Crippen molar-refractivity contribution in [2.45, 2.75) is 31.2 Å². The van der Waals surface area contributed by atoms with Crippen LogP contribution < -0.4 is 10.2 Å². The Hall–Kier alpha value is -2.60. The molecule has 0 saturated carbocycles. The summed E-state index contributed by atoms with van der Waals surface area (Å²) in [6.45, 7) is 3.01. The molecule has 0 unspecified atom stereocenters. The van der Waals surface area contributed by atoms with Crippen molar-refractivity contribution in [3.05, 3.63) is 70.3 Å². The molecule has 0 spiro atoms. The van der Waals surface area contributed by atoms with E-state index in [1.165, 1.54) is 0 Å². The Kier molecular flexibility index (Phi) is 4.07. The number of carbonyl (C=O) groups excluding carboxylic acids is 1. The van der Waals surface area contributed by atoms with Gasteiger partial charge in [0.1, 0.15) is 0 Å². The van der Waals surface area contributed by atoms with Crippen LogP contribution in [0.2, 0.25) is 0 Å². The van der Waals surface area contributed by atoms with E-state index in [2.05, 4.69) is 5.32 Å². The van der Waals surface area contributed by atoms with Crippen LogP contribution in [-0.2, 0) is 21.2 Å². The average molecular weight is 368 g/mol. The van der Waals surface area contributed by atoms with E-state index in [-0.39, 0.29) is 9.80 Å². The van der Waals surface area contributed by atoms with E-state index in [1.807, 2.05) is 42.2 Å². The Morgan fingerprint density at radius 1 is 1.15 bits per heavy atom. The SMILES string of the molecule is Cc1cccc(CNC(=O)C2=C3CCCN3c3ccccc3S2(=O)=O)c1. The van der Waals surface area contributed by atoms with E-state index in [0.29, 0.717) is 24.4 Å². The molecule has 1 amide bonds. The molecule has 26 heavy (non-hydrogen) atoms.